The summed E-state index contributed by atoms with van der Waals surface area (Å²) in [6.45, 7) is 1.93. The van der Waals surface area contributed by atoms with Crippen molar-refractivity contribution in [1.82, 2.24) is 0 Å². The summed E-state index contributed by atoms with van der Waals surface area (Å²) in [6.07, 6.45) is 3.85. The summed E-state index contributed by atoms with van der Waals surface area (Å²) in [4.78, 5) is 27.0. The van der Waals surface area contributed by atoms with Gasteiger partial charge in [-0.3, -0.25) is 9.59 Å². The summed E-state index contributed by atoms with van der Waals surface area (Å²) < 4.78 is 6.70. The van der Waals surface area contributed by atoms with Gasteiger partial charge in [0, 0.05) is 30.3 Å². The third-order valence-electron chi connectivity index (χ3n) is 4.27. The predicted molar refractivity (Wildman–Crippen MR) is 90.9 cm³/mol. The first kappa shape index (κ1) is 14.5. The maximum atomic E-state index is 12.4. The number of carbonyl (C=O) groups excluding carboxylic acids is 2. The van der Waals surface area contributed by atoms with Crippen LogP contribution in [0.4, 0.5) is 5.88 Å². The van der Waals surface area contributed by atoms with Gasteiger partial charge in [-0.15, -0.1) is 0 Å². The quantitative estimate of drug-likeness (QED) is 0.588. The number of halogens is 1. The number of nitrogens with zero attached hydrogens (tertiary/aromatic N) is 1. The Balaban J connectivity index is 1.70. The smallest absolute Gasteiger partial charge is 0.210 e. The van der Waals surface area contributed by atoms with Crippen molar-refractivity contribution in [2.75, 3.05) is 18.0 Å². The van der Waals surface area contributed by atoms with Crippen molar-refractivity contribution < 1.29 is 14.0 Å². The molecule has 0 atom stereocenters. The van der Waals surface area contributed by atoms with Crippen LogP contribution in [-0.2, 0) is 0 Å². The van der Waals surface area contributed by atoms with E-state index >= 15 is 0 Å². The largest absolute Gasteiger partial charge is 0.440 e. The molecule has 4 rings (SSSR count). The van der Waals surface area contributed by atoms with Crippen LogP contribution in [-0.4, -0.2) is 24.7 Å². The van der Waals surface area contributed by atoms with E-state index in [9.17, 15) is 9.59 Å². The molecular formula is C18H14BrNO3. The van der Waals surface area contributed by atoms with Gasteiger partial charge in [-0.05, 0) is 34.8 Å². The first-order valence-electron chi connectivity index (χ1n) is 7.59. The van der Waals surface area contributed by atoms with Crippen LogP contribution in [0.25, 0.3) is 6.08 Å². The number of fused-ring (bicyclic) bond motifs is 1. The van der Waals surface area contributed by atoms with Crippen molar-refractivity contribution in [2.24, 2.45) is 0 Å². The van der Waals surface area contributed by atoms with Gasteiger partial charge in [-0.25, -0.2) is 0 Å². The lowest BCUT2D eigenvalue weighted by molar-refractivity contribution is 0.0990. The third kappa shape index (κ3) is 2.36. The van der Waals surface area contributed by atoms with E-state index in [1.807, 2.05) is 6.07 Å². The summed E-state index contributed by atoms with van der Waals surface area (Å²) in [7, 11) is 0. The van der Waals surface area contributed by atoms with Crippen LogP contribution in [0.1, 0.15) is 39.3 Å². The number of anilines is 1. The number of hydrogen-bond acceptors (Lipinski definition) is 4. The van der Waals surface area contributed by atoms with Crippen molar-refractivity contribution in [1.29, 1.82) is 0 Å². The topological polar surface area (TPSA) is 50.5 Å². The first-order chi connectivity index (χ1) is 11.1. The Bertz CT molecular complexity index is 807. The second kappa shape index (κ2) is 5.49. The van der Waals surface area contributed by atoms with Gasteiger partial charge in [0.25, 0.3) is 0 Å². The van der Waals surface area contributed by atoms with E-state index in [0.29, 0.717) is 16.9 Å². The van der Waals surface area contributed by atoms with Gasteiger partial charge < -0.3 is 9.32 Å². The van der Waals surface area contributed by atoms with Crippen LogP contribution in [0.5, 0.6) is 0 Å². The van der Waals surface area contributed by atoms with Crippen molar-refractivity contribution in [3.63, 3.8) is 0 Å². The molecule has 0 amide bonds. The van der Waals surface area contributed by atoms with Crippen LogP contribution in [0, 0.1) is 0 Å². The lowest BCUT2D eigenvalue weighted by Crippen LogP contribution is -2.17. The Hall–Kier alpha value is -2.14. The maximum absolute atomic E-state index is 12.4. The molecule has 116 valence electrons. The highest BCUT2D eigenvalue weighted by atomic mass is 79.9. The van der Waals surface area contributed by atoms with E-state index in [-0.39, 0.29) is 17.1 Å². The molecule has 2 aliphatic rings. The minimum atomic E-state index is -0.235. The Morgan fingerprint density at radius 3 is 2.26 bits per heavy atom. The van der Waals surface area contributed by atoms with E-state index in [2.05, 4.69) is 20.8 Å². The standard InChI is InChI=1S/C18H14BrNO3/c19-15-10-11(23-18(15)20-7-3-4-8-20)9-14-16(21)12-5-1-2-6-13(12)17(14)22/h1-2,5-6,9-10H,3-4,7-8H2. The molecule has 0 spiro atoms. The number of hydrogen-bond donors (Lipinski definition) is 0. The SMILES string of the molecule is O=C1C(=Cc2cc(Br)c(N3CCCC3)o2)C(=O)c2ccccc21. The number of rotatable bonds is 2. The summed E-state index contributed by atoms with van der Waals surface area (Å²) in [5, 5.41) is 0. The molecule has 4 nitrogen and oxygen atoms in total. The number of furan rings is 1. The molecule has 23 heavy (non-hydrogen) atoms. The average Bonchev–Trinajstić information content (AvgIpc) is 3.24. The van der Waals surface area contributed by atoms with Gasteiger partial charge >= 0.3 is 0 Å². The van der Waals surface area contributed by atoms with Crippen molar-refractivity contribution >= 4 is 39.5 Å². The molecule has 5 heteroatoms. The molecule has 2 heterocycles. The monoisotopic (exact) mass is 371 g/mol. The van der Waals surface area contributed by atoms with E-state index in [4.69, 9.17) is 4.42 Å². The number of Topliss-reactive ketones (excluding diaryl/α,β-unsaturated/α-hetero) is 2. The fourth-order valence-corrected chi connectivity index (χ4v) is 3.69. The Morgan fingerprint density at radius 2 is 1.65 bits per heavy atom. The molecule has 0 bridgehead atoms. The molecule has 2 aromatic rings. The highest BCUT2D eigenvalue weighted by Crippen LogP contribution is 2.35. The molecule has 1 aromatic heterocycles. The maximum Gasteiger partial charge on any atom is 0.210 e. The van der Waals surface area contributed by atoms with Gasteiger partial charge in [0.15, 0.2) is 11.6 Å². The molecule has 0 N–H and O–H groups in total. The zero-order valence-electron chi connectivity index (χ0n) is 12.3. The third-order valence-corrected chi connectivity index (χ3v) is 4.84. The number of ketones is 2. The zero-order valence-corrected chi connectivity index (χ0v) is 13.9. The van der Waals surface area contributed by atoms with E-state index in [0.717, 1.165) is 36.3 Å². The van der Waals surface area contributed by atoms with Crippen LogP contribution in [0.3, 0.4) is 0 Å². The Labute approximate surface area is 141 Å². The highest BCUT2D eigenvalue weighted by molar-refractivity contribution is 9.10. The average molecular weight is 372 g/mol. The normalized spacial score (nSPS) is 17.1. The number of allylic oxidation sites excluding steroid dienone is 1. The van der Waals surface area contributed by atoms with Crippen LogP contribution in [0.2, 0.25) is 0 Å². The molecule has 1 aromatic carbocycles. The van der Waals surface area contributed by atoms with Gasteiger partial charge in [0.2, 0.25) is 5.88 Å². The van der Waals surface area contributed by atoms with Crippen molar-refractivity contribution in [3.05, 3.63) is 57.3 Å². The molecule has 1 aliphatic carbocycles. The first-order valence-corrected chi connectivity index (χ1v) is 8.39. The number of benzene rings is 1. The predicted octanol–water partition coefficient (Wildman–Crippen LogP) is 4.10. The molecular weight excluding hydrogens is 358 g/mol. The summed E-state index contributed by atoms with van der Waals surface area (Å²) >= 11 is 3.50. The second-order valence-corrected chi connectivity index (χ2v) is 6.61. The minimum Gasteiger partial charge on any atom is -0.440 e. The Kier molecular flexibility index (Phi) is 3.45. The summed E-state index contributed by atoms with van der Waals surface area (Å²) in [5.41, 5.74) is 1.10. The second-order valence-electron chi connectivity index (χ2n) is 5.76. The van der Waals surface area contributed by atoms with Crippen molar-refractivity contribution in [3.8, 4) is 0 Å². The lowest BCUT2D eigenvalue weighted by Gasteiger charge is -2.13. The fraction of sp³-hybridized carbons (Fsp3) is 0.222. The van der Waals surface area contributed by atoms with Gasteiger partial charge in [0.1, 0.15) is 5.76 Å². The molecule has 0 radical (unpaired) electrons. The molecule has 0 unspecified atom stereocenters. The lowest BCUT2D eigenvalue weighted by atomic mass is 10.1. The van der Waals surface area contributed by atoms with Gasteiger partial charge in [0.05, 0.1) is 10.0 Å². The zero-order chi connectivity index (χ0) is 16.0. The minimum absolute atomic E-state index is 0.167. The fourth-order valence-electron chi connectivity index (χ4n) is 3.13. The van der Waals surface area contributed by atoms with Gasteiger partial charge in [-0.2, -0.15) is 0 Å². The molecule has 1 aliphatic heterocycles. The van der Waals surface area contributed by atoms with Crippen LogP contribution < -0.4 is 4.90 Å². The summed E-state index contributed by atoms with van der Waals surface area (Å²) in [6, 6.07) is 8.71. The van der Waals surface area contributed by atoms with Crippen LogP contribution >= 0.6 is 15.9 Å². The van der Waals surface area contributed by atoms with Gasteiger partial charge in [-0.1, -0.05) is 24.3 Å². The molecule has 1 fully saturated rings. The highest BCUT2D eigenvalue weighted by Gasteiger charge is 2.33. The Morgan fingerprint density at radius 1 is 1.04 bits per heavy atom. The van der Waals surface area contributed by atoms with E-state index in [1.165, 1.54) is 0 Å². The van der Waals surface area contributed by atoms with E-state index in [1.54, 1.807) is 30.3 Å². The molecule has 0 saturated carbocycles. The summed E-state index contributed by atoms with van der Waals surface area (Å²) in [5.74, 6) is 0.815. The van der Waals surface area contributed by atoms with E-state index < -0.39 is 0 Å². The van der Waals surface area contributed by atoms with Crippen LogP contribution in [0.15, 0.2) is 44.8 Å². The molecule has 1 saturated heterocycles. The van der Waals surface area contributed by atoms with Crippen molar-refractivity contribution in [2.45, 2.75) is 12.8 Å². The number of carbonyl (C=O) groups is 2.